The monoisotopic (exact) mass is 242 g/mol. The lowest BCUT2D eigenvalue weighted by Gasteiger charge is -2.25. The summed E-state index contributed by atoms with van der Waals surface area (Å²) in [6.45, 7) is 4.28. The van der Waals surface area contributed by atoms with Crippen molar-refractivity contribution < 1.29 is 14.7 Å². The van der Waals surface area contributed by atoms with E-state index in [1.165, 1.54) is 12.8 Å². The summed E-state index contributed by atoms with van der Waals surface area (Å²) in [5.41, 5.74) is 0. The summed E-state index contributed by atoms with van der Waals surface area (Å²) in [4.78, 5) is 24.0. The fourth-order valence-corrected chi connectivity index (χ4v) is 1.84. The van der Waals surface area contributed by atoms with E-state index in [-0.39, 0.29) is 24.4 Å². The van der Waals surface area contributed by atoms with Crippen LogP contribution >= 0.6 is 0 Å². The highest BCUT2D eigenvalue weighted by atomic mass is 16.4. The van der Waals surface area contributed by atoms with Crippen molar-refractivity contribution in [3.8, 4) is 0 Å². The van der Waals surface area contributed by atoms with Gasteiger partial charge < -0.3 is 15.3 Å². The Kier molecular flexibility index (Phi) is 4.78. The van der Waals surface area contributed by atoms with Crippen molar-refractivity contribution in [3.05, 3.63) is 0 Å². The highest BCUT2D eigenvalue weighted by Crippen LogP contribution is 2.34. The van der Waals surface area contributed by atoms with Crippen LogP contribution in [0.4, 0.5) is 4.79 Å². The van der Waals surface area contributed by atoms with Gasteiger partial charge in [0.1, 0.15) is 0 Å². The van der Waals surface area contributed by atoms with E-state index in [0.717, 1.165) is 0 Å². The molecule has 0 saturated heterocycles. The van der Waals surface area contributed by atoms with Crippen molar-refractivity contribution in [3.63, 3.8) is 0 Å². The molecule has 98 valence electrons. The Hall–Kier alpha value is -1.26. The van der Waals surface area contributed by atoms with Crippen LogP contribution < -0.4 is 5.32 Å². The maximum atomic E-state index is 11.8. The minimum Gasteiger partial charge on any atom is -0.481 e. The highest BCUT2D eigenvalue weighted by Gasteiger charge is 2.32. The smallest absolute Gasteiger partial charge is 0.317 e. The first kappa shape index (κ1) is 13.8. The third-order valence-corrected chi connectivity index (χ3v) is 3.36. The van der Waals surface area contributed by atoms with Gasteiger partial charge in [0.2, 0.25) is 0 Å². The van der Waals surface area contributed by atoms with Crippen LogP contribution in [0.5, 0.6) is 0 Å². The number of rotatable bonds is 6. The number of urea groups is 1. The summed E-state index contributed by atoms with van der Waals surface area (Å²) in [5, 5.41) is 11.4. The number of amides is 2. The number of carboxylic acids is 1. The molecule has 0 aromatic heterocycles. The van der Waals surface area contributed by atoms with Gasteiger partial charge in [0.05, 0.1) is 0 Å². The summed E-state index contributed by atoms with van der Waals surface area (Å²) in [7, 11) is 1.79. The van der Waals surface area contributed by atoms with Crippen LogP contribution in [0.3, 0.4) is 0 Å². The van der Waals surface area contributed by atoms with E-state index in [1.807, 2.05) is 6.92 Å². The number of hydrogen-bond donors (Lipinski definition) is 2. The lowest BCUT2D eigenvalue weighted by molar-refractivity contribution is -0.137. The molecule has 2 atom stereocenters. The summed E-state index contributed by atoms with van der Waals surface area (Å²) in [6, 6.07) is 0.159. The zero-order chi connectivity index (χ0) is 13.0. The number of nitrogens with one attached hydrogen (secondary N) is 1. The summed E-state index contributed by atoms with van der Waals surface area (Å²) < 4.78 is 0. The van der Waals surface area contributed by atoms with E-state index in [9.17, 15) is 9.59 Å². The van der Waals surface area contributed by atoms with Gasteiger partial charge in [0, 0.05) is 26.1 Å². The predicted octanol–water partition coefficient (Wildman–Crippen LogP) is 1.54. The minimum absolute atomic E-state index is 0.0407. The molecule has 0 aromatic carbocycles. The quantitative estimate of drug-likeness (QED) is 0.742. The molecular weight excluding hydrogens is 220 g/mol. The second kappa shape index (κ2) is 5.89. The molecule has 0 radical (unpaired) electrons. The number of aliphatic carboxylic acids is 1. The Bertz CT molecular complexity index is 289. The van der Waals surface area contributed by atoms with E-state index in [2.05, 4.69) is 12.2 Å². The van der Waals surface area contributed by atoms with Gasteiger partial charge in [0.25, 0.3) is 0 Å². The van der Waals surface area contributed by atoms with Gasteiger partial charge in [-0.05, 0) is 31.6 Å². The van der Waals surface area contributed by atoms with Crippen LogP contribution in [0.1, 0.15) is 33.1 Å². The van der Waals surface area contributed by atoms with Crippen molar-refractivity contribution in [1.29, 1.82) is 0 Å². The van der Waals surface area contributed by atoms with E-state index < -0.39 is 5.97 Å². The molecule has 0 heterocycles. The molecule has 2 N–H and O–H groups in total. The molecule has 0 aliphatic heterocycles. The van der Waals surface area contributed by atoms with Crippen LogP contribution in [0.2, 0.25) is 0 Å². The molecule has 5 nitrogen and oxygen atoms in total. The van der Waals surface area contributed by atoms with Crippen molar-refractivity contribution in [1.82, 2.24) is 10.2 Å². The molecule has 1 saturated carbocycles. The van der Waals surface area contributed by atoms with Crippen LogP contribution in [0, 0.1) is 11.8 Å². The molecule has 1 fully saturated rings. The van der Waals surface area contributed by atoms with Gasteiger partial charge in [-0.1, -0.05) is 6.92 Å². The second-order valence-electron chi connectivity index (χ2n) is 5.08. The largest absolute Gasteiger partial charge is 0.481 e. The molecule has 17 heavy (non-hydrogen) atoms. The first-order valence-electron chi connectivity index (χ1n) is 6.14. The Labute approximate surface area is 102 Å². The van der Waals surface area contributed by atoms with Gasteiger partial charge in [0.15, 0.2) is 0 Å². The van der Waals surface area contributed by atoms with Crippen LogP contribution in [0.25, 0.3) is 0 Å². The van der Waals surface area contributed by atoms with Crippen LogP contribution in [-0.2, 0) is 4.79 Å². The Morgan fingerprint density at radius 2 is 2.00 bits per heavy atom. The van der Waals surface area contributed by atoms with Gasteiger partial charge in [-0.25, -0.2) is 4.79 Å². The molecule has 1 rings (SSSR count). The minimum atomic E-state index is -0.827. The molecular formula is C12H22N2O3. The van der Waals surface area contributed by atoms with E-state index in [1.54, 1.807) is 11.9 Å². The zero-order valence-electron chi connectivity index (χ0n) is 10.8. The number of carbonyl (C=O) groups excluding carboxylic acids is 1. The van der Waals surface area contributed by atoms with E-state index in [0.29, 0.717) is 12.5 Å². The average Bonchev–Trinajstić information content (AvgIpc) is 3.06. The molecule has 0 spiro atoms. The third-order valence-electron chi connectivity index (χ3n) is 3.36. The first-order valence-corrected chi connectivity index (χ1v) is 6.14. The fourth-order valence-electron chi connectivity index (χ4n) is 1.84. The van der Waals surface area contributed by atoms with Crippen molar-refractivity contribution in [2.75, 3.05) is 13.6 Å². The molecule has 0 aromatic rings. The molecule has 1 aliphatic carbocycles. The Morgan fingerprint density at radius 3 is 2.47 bits per heavy atom. The van der Waals surface area contributed by atoms with Gasteiger partial charge >= 0.3 is 12.0 Å². The van der Waals surface area contributed by atoms with Crippen LogP contribution in [-0.4, -0.2) is 41.6 Å². The SMILES string of the molecule is CC(CNC(=O)N(C)C(C)C1CC1)CC(=O)O. The normalized spacial score (nSPS) is 18.3. The zero-order valence-corrected chi connectivity index (χ0v) is 10.8. The topological polar surface area (TPSA) is 69.6 Å². The Morgan fingerprint density at radius 1 is 1.41 bits per heavy atom. The fraction of sp³-hybridized carbons (Fsp3) is 0.833. The van der Waals surface area contributed by atoms with Crippen molar-refractivity contribution >= 4 is 12.0 Å². The Balaban J connectivity index is 2.25. The van der Waals surface area contributed by atoms with E-state index >= 15 is 0 Å². The molecule has 2 unspecified atom stereocenters. The summed E-state index contributed by atoms with van der Waals surface area (Å²) in [5.74, 6) is -0.227. The molecule has 2 amide bonds. The number of carboxylic acid groups (broad SMARTS) is 1. The van der Waals surface area contributed by atoms with E-state index in [4.69, 9.17) is 5.11 Å². The standard InChI is InChI=1S/C12H22N2O3/c1-8(6-11(15)16)7-13-12(17)14(3)9(2)10-4-5-10/h8-10H,4-7H2,1-3H3,(H,13,17)(H,15,16). The maximum Gasteiger partial charge on any atom is 0.317 e. The molecule has 5 heteroatoms. The first-order chi connectivity index (χ1) is 7.91. The number of hydrogen-bond acceptors (Lipinski definition) is 2. The average molecular weight is 242 g/mol. The van der Waals surface area contributed by atoms with Crippen LogP contribution in [0.15, 0.2) is 0 Å². The van der Waals surface area contributed by atoms with Crippen molar-refractivity contribution in [2.24, 2.45) is 11.8 Å². The summed E-state index contributed by atoms with van der Waals surface area (Å²) >= 11 is 0. The maximum absolute atomic E-state index is 11.8. The van der Waals surface area contributed by atoms with Crippen molar-refractivity contribution in [2.45, 2.75) is 39.2 Å². The second-order valence-corrected chi connectivity index (χ2v) is 5.08. The molecule has 1 aliphatic rings. The summed E-state index contributed by atoms with van der Waals surface area (Å²) in [6.07, 6.45) is 2.49. The van der Waals surface area contributed by atoms with Gasteiger partial charge in [-0.15, -0.1) is 0 Å². The number of nitrogens with zero attached hydrogens (tertiary/aromatic N) is 1. The predicted molar refractivity (Wildman–Crippen MR) is 64.8 cm³/mol. The number of carbonyl (C=O) groups is 2. The van der Waals surface area contributed by atoms with Gasteiger partial charge in [-0.3, -0.25) is 4.79 Å². The van der Waals surface area contributed by atoms with Gasteiger partial charge in [-0.2, -0.15) is 0 Å². The lowest BCUT2D eigenvalue weighted by atomic mass is 10.1. The molecule has 0 bridgehead atoms. The highest BCUT2D eigenvalue weighted by molar-refractivity contribution is 5.74. The lowest BCUT2D eigenvalue weighted by Crippen LogP contribution is -2.44. The third kappa shape index (κ3) is 4.63.